The number of esters is 1. The van der Waals surface area contributed by atoms with E-state index >= 15 is 0 Å². The maximum absolute atomic E-state index is 13.5. The molecule has 4 rings (SSSR count). The molecule has 3 aromatic rings. The van der Waals surface area contributed by atoms with Gasteiger partial charge >= 0.3 is 5.97 Å². The smallest absolute Gasteiger partial charge is 0.306 e. The number of piperazine rings is 1. The molecule has 0 radical (unpaired) electrons. The number of unbranched alkanes of at least 4 members (excludes halogenated alkanes) is 6. The quantitative estimate of drug-likeness (QED) is 0.0993. The average molecular weight is 621 g/mol. The molecule has 0 N–H and O–H groups in total. The van der Waals surface area contributed by atoms with Gasteiger partial charge in [-0.05, 0) is 47.4 Å². The molecule has 0 amide bonds. The Morgan fingerprint density at radius 3 is 1.80 bits per heavy atom. The van der Waals surface area contributed by atoms with E-state index in [1.807, 2.05) is 18.2 Å². The lowest BCUT2D eigenvalue weighted by atomic mass is 10.0. The van der Waals surface area contributed by atoms with E-state index in [2.05, 4.69) is 28.9 Å². The van der Waals surface area contributed by atoms with Crippen molar-refractivity contribution in [2.24, 2.45) is 0 Å². The fraction of sp³-hybridized carbons (Fsp3) is 0.500. The molecule has 1 heterocycles. The van der Waals surface area contributed by atoms with E-state index in [1.165, 1.54) is 56.4 Å². The number of carbonyl (C=O) groups excluding carboxylic acids is 1. The highest BCUT2D eigenvalue weighted by Crippen LogP contribution is 2.27. The van der Waals surface area contributed by atoms with Crippen LogP contribution in [0.4, 0.5) is 8.78 Å². The molecular formula is C38H50F2N2O3. The summed E-state index contributed by atoms with van der Waals surface area (Å²) < 4.78 is 39.4. The predicted molar refractivity (Wildman–Crippen MR) is 176 cm³/mol. The van der Waals surface area contributed by atoms with Crippen molar-refractivity contribution in [3.05, 3.63) is 107 Å². The molecule has 0 bridgehead atoms. The van der Waals surface area contributed by atoms with E-state index in [-0.39, 0.29) is 23.7 Å². The maximum Gasteiger partial charge on any atom is 0.306 e. The largest absolute Gasteiger partial charge is 0.457 e. The molecule has 1 unspecified atom stereocenters. The molecule has 0 aromatic heterocycles. The first kappa shape index (κ1) is 34.7. The lowest BCUT2D eigenvalue weighted by Crippen LogP contribution is -2.47. The Hall–Kier alpha value is -3.13. The normalized spacial score (nSPS) is 14.9. The van der Waals surface area contributed by atoms with Gasteiger partial charge in [0.15, 0.2) is 0 Å². The first-order valence-corrected chi connectivity index (χ1v) is 16.8. The monoisotopic (exact) mass is 620 g/mol. The van der Waals surface area contributed by atoms with Crippen molar-refractivity contribution in [3.63, 3.8) is 0 Å². The van der Waals surface area contributed by atoms with Crippen molar-refractivity contribution >= 4 is 5.97 Å². The van der Waals surface area contributed by atoms with Crippen LogP contribution in [0.1, 0.15) is 93.6 Å². The minimum Gasteiger partial charge on any atom is -0.457 e. The van der Waals surface area contributed by atoms with Crippen molar-refractivity contribution in [3.8, 4) is 0 Å². The fourth-order valence-corrected chi connectivity index (χ4v) is 5.90. The molecule has 1 saturated heterocycles. The minimum absolute atomic E-state index is 0.0955. The Bertz CT molecular complexity index is 1190. The zero-order valence-corrected chi connectivity index (χ0v) is 26.8. The third-order valence-electron chi connectivity index (χ3n) is 8.64. The predicted octanol–water partition coefficient (Wildman–Crippen LogP) is 8.50. The Balaban J connectivity index is 1.20. The molecule has 0 saturated carbocycles. The van der Waals surface area contributed by atoms with Gasteiger partial charge in [0.05, 0.1) is 6.61 Å². The lowest BCUT2D eigenvalue weighted by molar-refractivity contribution is -0.150. The zero-order chi connectivity index (χ0) is 31.7. The summed E-state index contributed by atoms with van der Waals surface area (Å²) in [6, 6.07) is 22.7. The second-order valence-corrected chi connectivity index (χ2v) is 12.1. The fourth-order valence-electron chi connectivity index (χ4n) is 5.90. The highest BCUT2D eigenvalue weighted by Gasteiger charge is 2.22. The summed E-state index contributed by atoms with van der Waals surface area (Å²) in [4.78, 5) is 17.6. The van der Waals surface area contributed by atoms with Crippen LogP contribution in [-0.2, 0) is 14.3 Å². The van der Waals surface area contributed by atoms with Crippen LogP contribution >= 0.6 is 0 Å². The molecule has 244 valence electrons. The van der Waals surface area contributed by atoms with Crippen LogP contribution in [0.2, 0.25) is 0 Å². The molecule has 1 aliphatic rings. The number of rotatable bonds is 19. The summed E-state index contributed by atoms with van der Waals surface area (Å²) in [7, 11) is 0. The van der Waals surface area contributed by atoms with Crippen LogP contribution in [-0.4, -0.2) is 61.6 Å². The number of carbonyl (C=O) groups is 1. The van der Waals surface area contributed by atoms with Gasteiger partial charge in [0, 0.05) is 52.1 Å². The van der Waals surface area contributed by atoms with Crippen LogP contribution in [0.3, 0.4) is 0 Å². The Kier molecular flexibility index (Phi) is 15.0. The van der Waals surface area contributed by atoms with E-state index in [0.717, 1.165) is 75.2 Å². The molecule has 3 aromatic carbocycles. The van der Waals surface area contributed by atoms with Gasteiger partial charge in [-0.15, -0.1) is 0 Å². The van der Waals surface area contributed by atoms with Gasteiger partial charge in [-0.25, -0.2) is 8.78 Å². The van der Waals surface area contributed by atoms with Gasteiger partial charge in [0.2, 0.25) is 0 Å². The van der Waals surface area contributed by atoms with Crippen LogP contribution < -0.4 is 0 Å². The molecular weight excluding hydrogens is 570 g/mol. The van der Waals surface area contributed by atoms with E-state index in [4.69, 9.17) is 9.47 Å². The summed E-state index contributed by atoms with van der Waals surface area (Å²) in [5, 5.41) is 0. The third kappa shape index (κ3) is 12.3. The highest BCUT2D eigenvalue weighted by molar-refractivity contribution is 5.69. The van der Waals surface area contributed by atoms with Gasteiger partial charge in [-0.3, -0.25) is 9.69 Å². The second kappa shape index (κ2) is 19.4. The topological polar surface area (TPSA) is 42.0 Å². The molecule has 7 heteroatoms. The second-order valence-electron chi connectivity index (χ2n) is 12.1. The minimum atomic E-state index is -0.393. The summed E-state index contributed by atoms with van der Waals surface area (Å²) in [6.07, 6.45) is 8.89. The van der Waals surface area contributed by atoms with Crippen molar-refractivity contribution in [1.29, 1.82) is 0 Å². The maximum atomic E-state index is 13.5. The first-order chi connectivity index (χ1) is 22.0. The average Bonchev–Trinajstić information content (AvgIpc) is 3.07. The van der Waals surface area contributed by atoms with Crippen LogP contribution in [0, 0.1) is 11.6 Å². The molecule has 0 spiro atoms. The van der Waals surface area contributed by atoms with E-state index in [9.17, 15) is 13.6 Å². The van der Waals surface area contributed by atoms with Gasteiger partial charge in [0.25, 0.3) is 0 Å². The van der Waals surface area contributed by atoms with E-state index in [0.29, 0.717) is 13.0 Å². The van der Waals surface area contributed by atoms with Crippen LogP contribution in [0.5, 0.6) is 0 Å². The van der Waals surface area contributed by atoms with Crippen molar-refractivity contribution in [2.45, 2.75) is 76.9 Å². The molecule has 0 aliphatic carbocycles. The Labute approximate surface area is 268 Å². The van der Waals surface area contributed by atoms with Gasteiger partial charge in [-0.2, -0.15) is 0 Å². The summed E-state index contributed by atoms with van der Waals surface area (Å²) in [5.74, 6) is -0.695. The first-order valence-electron chi connectivity index (χ1n) is 16.8. The molecule has 1 aliphatic heterocycles. The number of benzene rings is 3. The number of nitrogens with zero attached hydrogens (tertiary/aromatic N) is 2. The van der Waals surface area contributed by atoms with Crippen LogP contribution in [0.15, 0.2) is 78.9 Å². The van der Waals surface area contributed by atoms with Crippen LogP contribution in [0.25, 0.3) is 0 Å². The standard InChI is InChI=1S/C38H50F2N2O3/c1-2-3-4-5-6-7-11-14-37(43)45-36(31-12-9-8-10-13-31)23-24-41-25-27-42(28-26-41)29-30-44-38(32-15-19-34(39)20-16-32)33-17-21-35(40)22-18-33/h8-10,12-13,15-22,36,38H,2-7,11,14,23-30H2,1H3. The zero-order valence-electron chi connectivity index (χ0n) is 26.8. The van der Waals surface area contributed by atoms with Crippen molar-refractivity contribution in [1.82, 2.24) is 9.80 Å². The lowest BCUT2D eigenvalue weighted by Gasteiger charge is -2.35. The molecule has 5 nitrogen and oxygen atoms in total. The number of hydrogen-bond donors (Lipinski definition) is 0. The SMILES string of the molecule is CCCCCCCCCC(=O)OC(CCN1CCN(CCOC(c2ccc(F)cc2)c2ccc(F)cc2)CC1)c1ccccc1. The number of ether oxygens (including phenoxy) is 2. The van der Waals surface area contributed by atoms with Crippen molar-refractivity contribution in [2.75, 3.05) is 45.9 Å². The number of halogens is 2. The van der Waals surface area contributed by atoms with E-state index in [1.54, 1.807) is 24.3 Å². The van der Waals surface area contributed by atoms with Gasteiger partial charge < -0.3 is 14.4 Å². The summed E-state index contributed by atoms with van der Waals surface area (Å²) in [5.41, 5.74) is 2.73. The Morgan fingerprint density at radius 1 is 0.689 bits per heavy atom. The highest BCUT2D eigenvalue weighted by atomic mass is 19.1. The molecule has 45 heavy (non-hydrogen) atoms. The van der Waals surface area contributed by atoms with Gasteiger partial charge in [-0.1, -0.05) is 100 Å². The van der Waals surface area contributed by atoms with Gasteiger partial charge in [0.1, 0.15) is 23.8 Å². The number of hydrogen-bond acceptors (Lipinski definition) is 5. The van der Waals surface area contributed by atoms with E-state index < -0.39 is 6.10 Å². The summed E-state index contributed by atoms with van der Waals surface area (Å²) in [6.45, 7) is 8.10. The molecule has 1 fully saturated rings. The molecule has 1 atom stereocenters. The third-order valence-corrected chi connectivity index (χ3v) is 8.64. The van der Waals surface area contributed by atoms with Crippen molar-refractivity contribution < 1.29 is 23.0 Å². The Morgan fingerprint density at radius 2 is 1.22 bits per heavy atom. The summed E-state index contributed by atoms with van der Waals surface area (Å²) >= 11 is 0.